The van der Waals surface area contributed by atoms with Crippen LogP contribution in [-0.2, 0) is 4.79 Å². The second kappa shape index (κ2) is 6.77. The number of carbonyl (C=O) groups excluding carboxylic acids is 1. The van der Waals surface area contributed by atoms with Gasteiger partial charge in [0.15, 0.2) is 6.61 Å². The van der Waals surface area contributed by atoms with Crippen molar-refractivity contribution in [2.75, 3.05) is 19.0 Å². The first-order valence-corrected chi connectivity index (χ1v) is 6.23. The van der Waals surface area contributed by atoms with Gasteiger partial charge in [-0.3, -0.25) is 9.78 Å². The first-order chi connectivity index (χ1) is 9.69. The fraction of sp³-hybridized carbons (Fsp3) is 0.143. The van der Waals surface area contributed by atoms with E-state index in [1.54, 1.807) is 43.6 Å². The second-order valence-electron chi connectivity index (χ2n) is 3.87. The highest BCUT2D eigenvalue weighted by Gasteiger charge is 2.07. The molecule has 1 amide bonds. The van der Waals surface area contributed by atoms with Gasteiger partial charge in [0, 0.05) is 12.3 Å². The van der Waals surface area contributed by atoms with Crippen molar-refractivity contribution < 1.29 is 14.3 Å². The molecule has 0 spiro atoms. The molecule has 0 aliphatic carbocycles. The van der Waals surface area contributed by atoms with Crippen LogP contribution in [0.2, 0.25) is 5.02 Å². The van der Waals surface area contributed by atoms with Gasteiger partial charge in [-0.05, 0) is 18.2 Å². The Bertz CT molecular complexity index is 604. The van der Waals surface area contributed by atoms with E-state index in [9.17, 15) is 4.79 Å². The predicted molar refractivity (Wildman–Crippen MR) is 76.4 cm³/mol. The molecule has 1 aromatic heterocycles. The monoisotopic (exact) mass is 292 g/mol. The minimum atomic E-state index is -0.317. The molecule has 6 heteroatoms. The van der Waals surface area contributed by atoms with Gasteiger partial charge < -0.3 is 14.8 Å². The van der Waals surface area contributed by atoms with Gasteiger partial charge in [-0.25, -0.2) is 0 Å². The molecule has 0 unspecified atom stereocenters. The minimum absolute atomic E-state index is 0.127. The van der Waals surface area contributed by atoms with Gasteiger partial charge in [0.05, 0.1) is 24.0 Å². The Labute approximate surface area is 121 Å². The molecule has 1 aromatic carbocycles. The molecule has 20 heavy (non-hydrogen) atoms. The molecule has 5 nitrogen and oxygen atoms in total. The molecular formula is C14H13ClN2O3. The van der Waals surface area contributed by atoms with E-state index in [2.05, 4.69) is 10.3 Å². The van der Waals surface area contributed by atoms with Gasteiger partial charge in [0.1, 0.15) is 11.5 Å². The smallest absolute Gasteiger partial charge is 0.262 e. The number of pyridine rings is 1. The van der Waals surface area contributed by atoms with Crippen LogP contribution in [0.4, 0.5) is 5.69 Å². The van der Waals surface area contributed by atoms with Gasteiger partial charge in [0.2, 0.25) is 0 Å². The summed E-state index contributed by atoms with van der Waals surface area (Å²) in [5.41, 5.74) is 0.452. The standard InChI is InChI=1S/C14H13ClN2O3/c1-19-10-3-2-4-11(7-10)20-9-14(18)17-13-8-16-6-5-12(13)15/h2-8H,9H2,1H3,(H,17,18). The van der Waals surface area contributed by atoms with E-state index in [-0.39, 0.29) is 12.5 Å². The van der Waals surface area contributed by atoms with Crippen molar-refractivity contribution in [2.24, 2.45) is 0 Å². The third-order valence-corrected chi connectivity index (χ3v) is 2.78. The highest BCUT2D eigenvalue weighted by atomic mass is 35.5. The topological polar surface area (TPSA) is 60.5 Å². The summed E-state index contributed by atoms with van der Waals surface area (Å²) in [6.07, 6.45) is 3.02. The third-order valence-electron chi connectivity index (χ3n) is 2.45. The average molecular weight is 293 g/mol. The predicted octanol–water partition coefficient (Wildman–Crippen LogP) is 2.76. The highest BCUT2D eigenvalue weighted by molar-refractivity contribution is 6.33. The van der Waals surface area contributed by atoms with Crippen LogP contribution < -0.4 is 14.8 Å². The molecule has 1 N–H and O–H groups in total. The van der Waals surface area contributed by atoms with Crippen molar-refractivity contribution in [1.82, 2.24) is 4.98 Å². The Hall–Kier alpha value is -2.27. The Kier molecular flexibility index (Phi) is 4.79. The lowest BCUT2D eigenvalue weighted by Gasteiger charge is -2.09. The number of ether oxygens (including phenoxy) is 2. The maximum absolute atomic E-state index is 11.7. The van der Waals surface area contributed by atoms with Crippen molar-refractivity contribution >= 4 is 23.2 Å². The van der Waals surface area contributed by atoms with Crippen molar-refractivity contribution in [2.45, 2.75) is 0 Å². The zero-order valence-corrected chi connectivity index (χ0v) is 11.6. The van der Waals surface area contributed by atoms with Crippen LogP contribution in [-0.4, -0.2) is 24.6 Å². The zero-order valence-electron chi connectivity index (χ0n) is 10.8. The molecular weight excluding hydrogens is 280 g/mol. The molecule has 0 saturated heterocycles. The molecule has 0 atom stereocenters. The van der Waals surface area contributed by atoms with Crippen LogP contribution in [0, 0.1) is 0 Å². The number of carbonyl (C=O) groups is 1. The summed E-state index contributed by atoms with van der Waals surface area (Å²) >= 11 is 5.91. The number of nitrogens with zero attached hydrogens (tertiary/aromatic N) is 1. The van der Waals surface area contributed by atoms with Crippen molar-refractivity contribution in [1.29, 1.82) is 0 Å². The van der Waals surface area contributed by atoms with Crippen molar-refractivity contribution in [3.63, 3.8) is 0 Å². The molecule has 0 aliphatic rings. The number of hydrogen-bond acceptors (Lipinski definition) is 4. The van der Waals surface area contributed by atoms with E-state index in [1.807, 2.05) is 0 Å². The van der Waals surface area contributed by atoms with Gasteiger partial charge in [-0.15, -0.1) is 0 Å². The van der Waals surface area contributed by atoms with Crippen LogP contribution in [0.15, 0.2) is 42.7 Å². The zero-order chi connectivity index (χ0) is 14.4. The maximum atomic E-state index is 11.7. The Morgan fingerprint density at radius 2 is 2.15 bits per heavy atom. The fourth-order valence-corrected chi connectivity index (χ4v) is 1.65. The number of aromatic nitrogens is 1. The van der Waals surface area contributed by atoms with E-state index >= 15 is 0 Å². The molecule has 0 aliphatic heterocycles. The second-order valence-corrected chi connectivity index (χ2v) is 4.28. The summed E-state index contributed by atoms with van der Waals surface area (Å²) in [5.74, 6) is 0.901. The van der Waals surface area contributed by atoms with E-state index < -0.39 is 0 Å². The summed E-state index contributed by atoms with van der Waals surface area (Å²) in [6.45, 7) is -0.127. The number of anilines is 1. The molecule has 2 rings (SSSR count). The van der Waals surface area contributed by atoms with Crippen LogP contribution in [0.3, 0.4) is 0 Å². The number of methoxy groups -OCH3 is 1. The van der Waals surface area contributed by atoms with Crippen LogP contribution in [0.5, 0.6) is 11.5 Å². The highest BCUT2D eigenvalue weighted by Crippen LogP contribution is 2.20. The van der Waals surface area contributed by atoms with E-state index in [0.717, 1.165) is 0 Å². The molecule has 104 valence electrons. The maximum Gasteiger partial charge on any atom is 0.262 e. The number of rotatable bonds is 5. The number of hydrogen-bond donors (Lipinski definition) is 1. The van der Waals surface area contributed by atoms with Crippen molar-refractivity contribution in [3.8, 4) is 11.5 Å². The largest absolute Gasteiger partial charge is 0.497 e. The Morgan fingerprint density at radius 3 is 2.90 bits per heavy atom. The Balaban J connectivity index is 1.90. The fourth-order valence-electron chi connectivity index (χ4n) is 1.50. The van der Waals surface area contributed by atoms with Crippen LogP contribution in [0.25, 0.3) is 0 Å². The first kappa shape index (κ1) is 14.1. The molecule has 0 fully saturated rings. The first-order valence-electron chi connectivity index (χ1n) is 5.85. The molecule has 0 bridgehead atoms. The normalized spacial score (nSPS) is 9.90. The number of benzene rings is 1. The van der Waals surface area contributed by atoms with Crippen molar-refractivity contribution in [3.05, 3.63) is 47.7 Å². The lowest BCUT2D eigenvalue weighted by molar-refractivity contribution is -0.118. The third kappa shape index (κ3) is 3.86. The lowest BCUT2D eigenvalue weighted by atomic mass is 10.3. The summed E-state index contributed by atoms with van der Waals surface area (Å²) in [7, 11) is 1.57. The summed E-state index contributed by atoms with van der Waals surface area (Å²) in [6, 6.07) is 8.61. The van der Waals surface area contributed by atoms with E-state index in [4.69, 9.17) is 21.1 Å². The number of halogens is 1. The molecule has 0 saturated carbocycles. The van der Waals surface area contributed by atoms with Gasteiger partial charge in [0.25, 0.3) is 5.91 Å². The summed E-state index contributed by atoms with van der Waals surface area (Å²) < 4.78 is 10.4. The average Bonchev–Trinajstić information content (AvgIpc) is 2.48. The van der Waals surface area contributed by atoms with Gasteiger partial charge in [-0.1, -0.05) is 17.7 Å². The van der Waals surface area contributed by atoms with Gasteiger partial charge in [-0.2, -0.15) is 0 Å². The van der Waals surface area contributed by atoms with E-state index in [1.165, 1.54) is 6.20 Å². The minimum Gasteiger partial charge on any atom is -0.497 e. The SMILES string of the molecule is COc1cccc(OCC(=O)Nc2cnccc2Cl)c1. The van der Waals surface area contributed by atoms with Crippen LogP contribution >= 0.6 is 11.6 Å². The molecule has 1 heterocycles. The lowest BCUT2D eigenvalue weighted by Crippen LogP contribution is -2.20. The number of amides is 1. The molecule has 0 radical (unpaired) electrons. The van der Waals surface area contributed by atoms with Gasteiger partial charge >= 0.3 is 0 Å². The quantitative estimate of drug-likeness (QED) is 0.920. The van der Waals surface area contributed by atoms with E-state index in [0.29, 0.717) is 22.2 Å². The molecule has 2 aromatic rings. The number of nitrogens with one attached hydrogen (secondary N) is 1. The summed E-state index contributed by atoms with van der Waals surface area (Å²) in [4.78, 5) is 15.6. The summed E-state index contributed by atoms with van der Waals surface area (Å²) in [5, 5.41) is 3.05. The Morgan fingerprint density at radius 1 is 1.35 bits per heavy atom. The van der Waals surface area contributed by atoms with Crippen LogP contribution in [0.1, 0.15) is 0 Å².